The molecule has 1 heterocycles. The highest BCUT2D eigenvalue weighted by atomic mass is 14.8. The van der Waals surface area contributed by atoms with Crippen LogP contribution in [0.5, 0.6) is 0 Å². The van der Waals surface area contributed by atoms with Gasteiger partial charge < -0.3 is 0 Å². The zero-order valence-corrected chi connectivity index (χ0v) is 9.25. The number of nitrogens with zero attached hydrogens (tertiary/aromatic N) is 1. The van der Waals surface area contributed by atoms with E-state index in [1.807, 2.05) is 0 Å². The van der Waals surface area contributed by atoms with Gasteiger partial charge in [0.05, 0.1) is 0 Å². The minimum Gasteiger partial charge on any atom is -0.265 e. The Kier molecular flexibility index (Phi) is 3.71. The van der Waals surface area contributed by atoms with Crippen LogP contribution in [0.1, 0.15) is 40.5 Å². The Bertz CT molecular complexity index is 213. The van der Waals surface area contributed by atoms with Crippen molar-refractivity contribution in [3.63, 3.8) is 0 Å². The van der Waals surface area contributed by atoms with E-state index < -0.39 is 0 Å². The van der Waals surface area contributed by atoms with Gasteiger partial charge in [0, 0.05) is 17.8 Å². The van der Waals surface area contributed by atoms with Crippen molar-refractivity contribution in [3.05, 3.63) is 11.8 Å². The molecule has 0 aliphatic carbocycles. The number of allylic oxidation sites excluding steroid dienone is 2. The third kappa shape index (κ3) is 2.68. The molecule has 1 rings (SSSR count). The fraction of sp³-hybridized carbons (Fsp3) is 0.750. The summed E-state index contributed by atoms with van der Waals surface area (Å²) in [5, 5.41) is 0. The van der Waals surface area contributed by atoms with Crippen LogP contribution in [-0.2, 0) is 0 Å². The lowest BCUT2D eigenvalue weighted by Crippen LogP contribution is -2.03. The van der Waals surface area contributed by atoms with Gasteiger partial charge in [-0.05, 0) is 18.3 Å². The molecule has 0 spiro atoms. The van der Waals surface area contributed by atoms with E-state index >= 15 is 0 Å². The fourth-order valence-corrected chi connectivity index (χ4v) is 1.69. The predicted octanol–water partition coefficient (Wildman–Crippen LogP) is 3.66. The lowest BCUT2D eigenvalue weighted by molar-refractivity contribution is 0.572. The second kappa shape index (κ2) is 4.59. The molecule has 1 aliphatic rings. The molecule has 74 valence electrons. The topological polar surface area (TPSA) is 12.4 Å². The Morgan fingerprint density at radius 1 is 1.38 bits per heavy atom. The van der Waals surface area contributed by atoms with Gasteiger partial charge in [-0.1, -0.05) is 40.2 Å². The number of hydrogen-bond donors (Lipinski definition) is 0. The van der Waals surface area contributed by atoms with E-state index in [1.54, 1.807) is 0 Å². The molecule has 2 unspecified atom stereocenters. The Balaban J connectivity index is 2.54. The van der Waals surface area contributed by atoms with E-state index in [9.17, 15) is 0 Å². The van der Waals surface area contributed by atoms with Crippen LogP contribution in [0.4, 0.5) is 0 Å². The lowest BCUT2D eigenvalue weighted by atomic mass is 9.95. The zero-order chi connectivity index (χ0) is 9.84. The van der Waals surface area contributed by atoms with Gasteiger partial charge in [-0.2, -0.15) is 0 Å². The van der Waals surface area contributed by atoms with E-state index in [0.717, 1.165) is 0 Å². The van der Waals surface area contributed by atoms with E-state index in [2.05, 4.69) is 45.0 Å². The molecular weight excluding hydrogens is 158 g/mol. The van der Waals surface area contributed by atoms with Gasteiger partial charge in [0.2, 0.25) is 0 Å². The molecule has 0 aromatic carbocycles. The average Bonchev–Trinajstić information content (AvgIpc) is 2.52. The Morgan fingerprint density at radius 2 is 2.08 bits per heavy atom. The summed E-state index contributed by atoms with van der Waals surface area (Å²) in [4.78, 5) is 4.49. The van der Waals surface area contributed by atoms with Crippen molar-refractivity contribution in [1.82, 2.24) is 0 Å². The summed E-state index contributed by atoms with van der Waals surface area (Å²) in [6, 6.07) is 0. The van der Waals surface area contributed by atoms with Crippen LogP contribution >= 0.6 is 0 Å². The minimum absolute atomic E-state index is 0.578. The highest BCUT2D eigenvalue weighted by Gasteiger charge is 2.17. The quantitative estimate of drug-likeness (QED) is 0.624. The van der Waals surface area contributed by atoms with Crippen LogP contribution in [0.3, 0.4) is 0 Å². The molecular formula is C12H21N. The Labute approximate surface area is 82.0 Å². The normalized spacial score (nSPS) is 23.8. The summed E-state index contributed by atoms with van der Waals surface area (Å²) in [5.74, 6) is 1.91. The van der Waals surface area contributed by atoms with Crippen molar-refractivity contribution in [3.8, 4) is 0 Å². The number of aliphatic imine (C=N–C) groups is 1. The zero-order valence-electron chi connectivity index (χ0n) is 9.25. The molecule has 0 saturated carbocycles. The molecule has 1 aliphatic heterocycles. The van der Waals surface area contributed by atoms with Crippen LogP contribution in [0.2, 0.25) is 0 Å². The highest BCUT2D eigenvalue weighted by Crippen LogP contribution is 2.26. The molecule has 0 fully saturated rings. The van der Waals surface area contributed by atoms with Crippen molar-refractivity contribution in [1.29, 1.82) is 0 Å². The average molecular weight is 179 g/mol. The molecule has 0 bridgehead atoms. The third-order valence-electron chi connectivity index (χ3n) is 2.76. The molecule has 13 heavy (non-hydrogen) atoms. The van der Waals surface area contributed by atoms with Crippen molar-refractivity contribution in [2.24, 2.45) is 22.7 Å². The van der Waals surface area contributed by atoms with Crippen LogP contribution in [0.15, 0.2) is 16.8 Å². The first-order chi connectivity index (χ1) is 6.15. The van der Waals surface area contributed by atoms with E-state index in [4.69, 9.17) is 0 Å². The van der Waals surface area contributed by atoms with Gasteiger partial charge in [-0.25, -0.2) is 0 Å². The van der Waals surface area contributed by atoms with Gasteiger partial charge in [0.25, 0.3) is 0 Å². The van der Waals surface area contributed by atoms with E-state index in [1.165, 1.54) is 18.5 Å². The molecule has 0 N–H and O–H groups in total. The van der Waals surface area contributed by atoms with Crippen LogP contribution in [0, 0.1) is 17.8 Å². The number of rotatable bonds is 4. The molecule has 0 aromatic rings. The second-order valence-corrected chi connectivity index (χ2v) is 4.38. The number of hydrogen-bond acceptors (Lipinski definition) is 1. The SMILES string of the molecule is CCCC(C)C1=CC(C(C)C)C=N1. The first-order valence-electron chi connectivity index (χ1n) is 5.41. The third-order valence-corrected chi connectivity index (χ3v) is 2.76. The van der Waals surface area contributed by atoms with Crippen LogP contribution in [0.25, 0.3) is 0 Å². The first-order valence-corrected chi connectivity index (χ1v) is 5.41. The van der Waals surface area contributed by atoms with Gasteiger partial charge in [-0.3, -0.25) is 4.99 Å². The molecule has 0 saturated heterocycles. The Hall–Kier alpha value is -0.590. The maximum absolute atomic E-state index is 4.49. The molecule has 0 aromatic heterocycles. The van der Waals surface area contributed by atoms with Gasteiger partial charge in [-0.15, -0.1) is 0 Å². The Morgan fingerprint density at radius 3 is 2.54 bits per heavy atom. The molecule has 1 heteroatoms. The fourth-order valence-electron chi connectivity index (χ4n) is 1.69. The molecule has 2 atom stereocenters. The molecule has 0 amide bonds. The van der Waals surface area contributed by atoms with Gasteiger partial charge >= 0.3 is 0 Å². The predicted molar refractivity (Wildman–Crippen MR) is 59.0 cm³/mol. The minimum atomic E-state index is 0.578. The van der Waals surface area contributed by atoms with Gasteiger partial charge in [0.15, 0.2) is 0 Å². The van der Waals surface area contributed by atoms with E-state index in [-0.39, 0.29) is 0 Å². The summed E-state index contributed by atoms with van der Waals surface area (Å²) in [7, 11) is 0. The van der Waals surface area contributed by atoms with Crippen LogP contribution < -0.4 is 0 Å². The second-order valence-electron chi connectivity index (χ2n) is 4.38. The molecule has 0 radical (unpaired) electrons. The monoisotopic (exact) mass is 179 g/mol. The summed E-state index contributed by atoms with van der Waals surface area (Å²) < 4.78 is 0. The summed E-state index contributed by atoms with van der Waals surface area (Å²) in [6.45, 7) is 9.01. The first kappa shape index (κ1) is 10.5. The highest BCUT2D eigenvalue weighted by molar-refractivity contribution is 5.68. The van der Waals surface area contributed by atoms with Crippen molar-refractivity contribution in [2.45, 2.75) is 40.5 Å². The standard InChI is InChI=1S/C12H21N/c1-5-6-10(4)12-7-11(8-13-12)9(2)3/h7-11H,5-6H2,1-4H3. The summed E-state index contributed by atoms with van der Waals surface area (Å²) in [6.07, 6.45) is 6.95. The van der Waals surface area contributed by atoms with Crippen LogP contribution in [-0.4, -0.2) is 6.21 Å². The summed E-state index contributed by atoms with van der Waals surface area (Å²) >= 11 is 0. The van der Waals surface area contributed by atoms with Crippen molar-refractivity contribution in [2.75, 3.05) is 0 Å². The van der Waals surface area contributed by atoms with Crippen molar-refractivity contribution >= 4 is 6.21 Å². The maximum Gasteiger partial charge on any atom is 0.0394 e. The van der Waals surface area contributed by atoms with E-state index in [0.29, 0.717) is 17.8 Å². The largest absolute Gasteiger partial charge is 0.265 e. The smallest absolute Gasteiger partial charge is 0.0394 e. The van der Waals surface area contributed by atoms with Crippen molar-refractivity contribution < 1.29 is 0 Å². The lowest BCUT2D eigenvalue weighted by Gasteiger charge is -2.09. The summed E-state index contributed by atoms with van der Waals surface area (Å²) in [5.41, 5.74) is 1.31. The van der Waals surface area contributed by atoms with Gasteiger partial charge in [0.1, 0.15) is 0 Å². The maximum atomic E-state index is 4.49. The molecule has 1 nitrogen and oxygen atoms in total.